The van der Waals surface area contributed by atoms with Crippen LogP contribution in [0.4, 0.5) is 13.2 Å². The number of carbonyl (C=O) groups is 1. The molecule has 1 N–H and O–H groups in total. The fourth-order valence-electron chi connectivity index (χ4n) is 3.29. The van der Waals surface area contributed by atoms with Gasteiger partial charge in [-0.3, -0.25) is 4.79 Å². The lowest BCUT2D eigenvalue weighted by Gasteiger charge is -2.35. The number of aliphatic hydroxyl groups excluding tert-OH is 1. The number of likely N-dealkylation sites (tertiary alicyclic amines) is 1. The normalized spacial score (nSPS) is 19.1. The zero-order valence-corrected chi connectivity index (χ0v) is 13.8. The van der Waals surface area contributed by atoms with Gasteiger partial charge in [0.15, 0.2) is 6.10 Å². The monoisotopic (exact) mass is 343 g/mol. The molecule has 0 saturated carbocycles. The van der Waals surface area contributed by atoms with Crippen LogP contribution in [-0.4, -0.2) is 41.3 Å². The van der Waals surface area contributed by atoms with Crippen molar-refractivity contribution in [2.24, 2.45) is 5.92 Å². The van der Waals surface area contributed by atoms with Crippen LogP contribution in [0.3, 0.4) is 0 Å². The lowest BCUT2D eigenvalue weighted by Crippen LogP contribution is -2.45. The first kappa shape index (κ1) is 18.8. The number of rotatable bonds is 5. The lowest BCUT2D eigenvalue weighted by molar-refractivity contribution is -0.222. The Hall–Kier alpha value is -1.56. The van der Waals surface area contributed by atoms with Crippen molar-refractivity contribution in [3.8, 4) is 0 Å². The van der Waals surface area contributed by atoms with Gasteiger partial charge in [0.2, 0.25) is 5.91 Å². The largest absolute Gasteiger partial charge is 0.414 e. The molecule has 1 heterocycles. The first-order valence-corrected chi connectivity index (χ1v) is 8.40. The summed E-state index contributed by atoms with van der Waals surface area (Å²) in [5.74, 6) is -0.715. The van der Waals surface area contributed by atoms with Gasteiger partial charge in [-0.1, -0.05) is 37.3 Å². The third-order valence-electron chi connectivity index (χ3n) is 4.86. The summed E-state index contributed by atoms with van der Waals surface area (Å²) in [6.45, 7) is 2.58. The Kier molecular flexibility index (Phi) is 6.27. The fourth-order valence-corrected chi connectivity index (χ4v) is 3.29. The molecule has 2 unspecified atom stereocenters. The van der Waals surface area contributed by atoms with Crippen molar-refractivity contribution < 1.29 is 23.1 Å². The number of amides is 1. The fraction of sp³-hybridized carbons (Fsp3) is 0.611. The molecule has 6 heteroatoms. The van der Waals surface area contributed by atoms with Gasteiger partial charge >= 0.3 is 6.18 Å². The zero-order chi connectivity index (χ0) is 17.7. The Morgan fingerprint density at radius 2 is 1.83 bits per heavy atom. The van der Waals surface area contributed by atoms with Gasteiger partial charge in [-0.2, -0.15) is 13.2 Å². The van der Waals surface area contributed by atoms with E-state index in [0.29, 0.717) is 6.42 Å². The van der Waals surface area contributed by atoms with Gasteiger partial charge in [0.25, 0.3) is 0 Å². The average molecular weight is 343 g/mol. The highest BCUT2D eigenvalue weighted by Crippen LogP contribution is 2.32. The van der Waals surface area contributed by atoms with Crippen LogP contribution in [0, 0.1) is 5.92 Å². The van der Waals surface area contributed by atoms with E-state index < -0.39 is 18.2 Å². The van der Waals surface area contributed by atoms with Gasteiger partial charge in [-0.25, -0.2) is 0 Å². The smallest absolute Gasteiger partial charge is 0.383 e. The number of carbonyl (C=O) groups excluding carboxylic acids is 1. The third-order valence-corrected chi connectivity index (χ3v) is 4.86. The highest BCUT2D eigenvalue weighted by molar-refractivity contribution is 5.77. The summed E-state index contributed by atoms with van der Waals surface area (Å²) in [4.78, 5) is 14.1. The number of hydrogen-bond donors (Lipinski definition) is 1. The van der Waals surface area contributed by atoms with E-state index in [1.54, 1.807) is 4.90 Å². The molecular weight excluding hydrogens is 319 g/mol. The molecule has 0 aromatic heterocycles. The first-order valence-electron chi connectivity index (χ1n) is 8.40. The summed E-state index contributed by atoms with van der Waals surface area (Å²) in [7, 11) is 0. The van der Waals surface area contributed by atoms with E-state index in [9.17, 15) is 23.1 Å². The topological polar surface area (TPSA) is 40.5 Å². The number of nitrogens with zero attached hydrogens (tertiary/aromatic N) is 1. The van der Waals surface area contributed by atoms with Gasteiger partial charge in [0.05, 0.1) is 0 Å². The molecule has 1 amide bonds. The number of aliphatic hydroxyl groups is 1. The van der Waals surface area contributed by atoms with Crippen LogP contribution in [-0.2, 0) is 4.79 Å². The molecule has 2 rings (SSSR count). The van der Waals surface area contributed by atoms with Crippen molar-refractivity contribution >= 4 is 5.91 Å². The molecule has 1 aliphatic rings. The molecular formula is C18H24F3NO2. The standard InChI is InChI=1S/C18H24F3NO2/c1-2-13(14-6-4-3-5-7-14)12-16(23)22-10-8-15(9-11-22)17(24)18(19,20)21/h3-7,13,15,17,24H,2,8-12H2,1H3. The molecule has 0 bridgehead atoms. The molecule has 1 aromatic rings. The second kappa shape index (κ2) is 8.01. The van der Waals surface area contributed by atoms with E-state index in [4.69, 9.17) is 0 Å². The van der Waals surface area contributed by atoms with Crippen LogP contribution in [0.5, 0.6) is 0 Å². The molecule has 1 saturated heterocycles. The Morgan fingerprint density at radius 3 is 2.33 bits per heavy atom. The number of alkyl halides is 3. The zero-order valence-electron chi connectivity index (χ0n) is 13.8. The molecule has 1 aromatic carbocycles. The summed E-state index contributed by atoms with van der Waals surface area (Å²) in [6.07, 6.45) is -5.30. The number of halogens is 3. The summed E-state index contributed by atoms with van der Waals surface area (Å²) in [5, 5.41) is 9.34. The van der Waals surface area contributed by atoms with E-state index in [2.05, 4.69) is 0 Å². The predicted molar refractivity (Wildman–Crippen MR) is 85.5 cm³/mol. The molecule has 0 radical (unpaired) electrons. The van der Waals surface area contributed by atoms with Crippen LogP contribution < -0.4 is 0 Å². The second-order valence-corrected chi connectivity index (χ2v) is 6.42. The van der Waals surface area contributed by atoms with Gasteiger partial charge in [0.1, 0.15) is 0 Å². The summed E-state index contributed by atoms with van der Waals surface area (Å²) < 4.78 is 37.7. The maximum Gasteiger partial charge on any atom is 0.414 e. The lowest BCUT2D eigenvalue weighted by atomic mass is 9.89. The number of hydrogen-bond acceptors (Lipinski definition) is 2. The van der Waals surface area contributed by atoms with Crippen LogP contribution in [0.25, 0.3) is 0 Å². The molecule has 0 aliphatic carbocycles. The Bertz CT molecular complexity index is 525. The Labute approximate surface area is 140 Å². The first-order chi connectivity index (χ1) is 11.3. The van der Waals surface area contributed by atoms with Crippen molar-refractivity contribution in [1.29, 1.82) is 0 Å². The molecule has 1 aliphatic heterocycles. The predicted octanol–water partition coefficient (Wildman–Crippen LogP) is 3.73. The number of benzene rings is 1. The van der Waals surface area contributed by atoms with Crippen LogP contribution in [0.15, 0.2) is 30.3 Å². The Morgan fingerprint density at radius 1 is 1.25 bits per heavy atom. The van der Waals surface area contributed by atoms with Gasteiger partial charge in [0, 0.05) is 19.5 Å². The van der Waals surface area contributed by atoms with Crippen LogP contribution >= 0.6 is 0 Å². The van der Waals surface area contributed by atoms with E-state index in [1.807, 2.05) is 37.3 Å². The number of piperidine rings is 1. The molecule has 134 valence electrons. The highest BCUT2D eigenvalue weighted by atomic mass is 19.4. The van der Waals surface area contributed by atoms with Crippen molar-refractivity contribution in [1.82, 2.24) is 4.90 Å². The van der Waals surface area contributed by atoms with Gasteiger partial charge < -0.3 is 10.0 Å². The molecule has 3 nitrogen and oxygen atoms in total. The van der Waals surface area contributed by atoms with E-state index in [0.717, 1.165) is 12.0 Å². The van der Waals surface area contributed by atoms with E-state index in [-0.39, 0.29) is 37.8 Å². The average Bonchev–Trinajstić information content (AvgIpc) is 2.59. The second-order valence-electron chi connectivity index (χ2n) is 6.42. The molecule has 2 atom stereocenters. The molecule has 24 heavy (non-hydrogen) atoms. The minimum absolute atomic E-state index is 0.0225. The minimum Gasteiger partial charge on any atom is -0.383 e. The van der Waals surface area contributed by atoms with E-state index >= 15 is 0 Å². The van der Waals surface area contributed by atoms with Crippen molar-refractivity contribution in [3.63, 3.8) is 0 Å². The quantitative estimate of drug-likeness (QED) is 0.885. The highest BCUT2D eigenvalue weighted by Gasteiger charge is 2.44. The summed E-state index contributed by atoms with van der Waals surface area (Å²) in [6, 6.07) is 9.79. The SMILES string of the molecule is CCC(CC(=O)N1CCC(C(O)C(F)(F)F)CC1)c1ccccc1. The third kappa shape index (κ3) is 4.72. The van der Waals surface area contributed by atoms with Gasteiger partial charge in [-0.05, 0) is 36.7 Å². The maximum atomic E-state index is 12.6. The van der Waals surface area contributed by atoms with Crippen LogP contribution in [0.1, 0.15) is 44.1 Å². The maximum absolute atomic E-state index is 12.6. The van der Waals surface area contributed by atoms with Crippen molar-refractivity contribution in [2.75, 3.05) is 13.1 Å². The minimum atomic E-state index is -4.59. The van der Waals surface area contributed by atoms with Gasteiger partial charge in [-0.15, -0.1) is 0 Å². The summed E-state index contributed by atoms with van der Waals surface area (Å²) >= 11 is 0. The van der Waals surface area contributed by atoms with Crippen molar-refractivity contribution in [3.05, 3.63) is 35.9 Å². The van der Waals surface area contributed by atoms with Crippen LogP contribution in [0.2, 0.25) is 0 Å². The van der Waals surface area contributed by atoms with E-state index in [1.165, 1.54) is 0 Å². The molecule has 0 spiro atoms. The van der Waals surface area contributed by atoms with Crippen molar-refractivity contribution in [2.45, 2.75) is 50.8 Å². The Balaban J connectivity index is 1.88. The molecule has 1 fully saturated rings. The summed E-state index contributed by atoms with van der Waals surface area (Å²) in [5.41, 5.74) is 1.11.